The monoisotopic (exact) mass is 398 g/mol. The Morgan fingerprint density at radius 3 is 2.28 bits per heavy atom. The third-order valence-corrected chi connectivity index (χ3v) is 4.81. The first-order valence-corrected chi connectivity index (χ1v) is 8.49. The number of hydrogen-bond acceptors (Lipinski definition) is 3. The number of sulfonamides is 1. The number of anilines is 2. The summed E-state index contributed by atoms with van der Waals surface area (Å²) in [6.07, 6.45) is 0. The SMILES string of the molecule is CC(C)(C)CS(=O)(=O)Nc1c(N)cc(Br)cc1Br. The van der Waals surface area contributed by atoms with Gasteiger partial charge in [-0.1, -0.05) is 36.7 Å². The quantitative estimate of drug-likeness (QED) is 0.763. The predicted octanol–water partition coefficient (Wildman–Crippen LogP) is 3.58. The molecule has 0 amide bonds. The van der Waals surface area contributed by atoms with Gasteiger partial charge in [-0.2, -0.15) is 0 Å². The lowest BCUT2D eigenvalue weighted by Crippen LogP contribution is -2.26. The van der Waals surface area contributed by atoms with E-state index in [0.717, 1.165) is 4.47 Å². The van der Waals surface area contributed by atoms with Gasteiger partial charge in [0.25, 0.3) is 0 Å². The van der Waals surface area contributed by atoms with E-state index < -0.39 is 10.0 Å². The van der Waals surface area contributed by atoms with Gasteiger partial charge in [0.05, 0.1) is 17.1 Å². The third-order valence-electron chi connectivity index (χ3n) is 1.97. The summed E-state index contributed by atoms with van der Waals surface area (Å²) in [7, 11) is -3.43. The fourth-order valence-electron chi connectivity index (χ4n) is 1.46. The number of hydrogen-bond donors (Lipinski definition) is 2. The zero-order chi connectivity index (χ0) is 14.1. The topological polar surface area (TPSA) is 72.2 Å². The van der Waals surface area contributed by atoms with Crippen molar-refractivity contribution in [3.05, 3.63) is 21.1 Å². The van der Waals surface area contributed by atoms with Crippen LogP contribution in [0.2, 0.25) is 0 Å². The van der Waals surface area contributed by atoms with Crippen LogP contribution in [0.4, 0.5) is 11.4 Å². The van der Waals surface area contributed by atoms with Crippen LogP contribution in [0.5, 0.6) is 0 Å². The Hall–Kier alpha value is -0.270. The van der Waals surface area contributed by atoms with Gasteiger partial charge in [0, 0.05) is 8.95 Å². The average Bonchev–Trinajstić information content (AvgIpc) is 2.07. The normalized spacial score (nSPS) is 12.5. The molecule has 102 valence electrons. The molecule has 0 saturated carbocycles. The molecule has 7 heteroatoms. The minimum atomic E-state index is -3.43. The van der Waals surface area contributed by atoms with Crippen molar-refractivity contribution >= 4 is 53.3 Å². The summed E-state index contributed by atoms with van der Waals surface area (Å²) in [5.74, 6) is 0.0297. The zero-order valence-electron chi connectivity index (χ0n) is 10.4. The third kappa shape index (κ3) is 4.78. The van der Waals surface area contributed by atoms with Gasteiger partial charge >= 0.3 is 0 Å². The molecule has 1 aromatic rings. The van der Waals surface area contributed by atoms with E-state index in [0.29, 0.717) is 15.8 Å². The summed E-state index contributed by atoms with van der Waals surface area (Å²) in [6, 6.07) is 3.39. The Labute approximate surface area is 125 Å². The van der Waals surface area contributed by atoms with Gasteiger partial charge in [0.2, 0.25) is 10.0 Å². The van der Waals surface area contributed by atoms with Crippen molar-refractivity contribution < 1.29 is 8.42 Å². The smallest absolute Gasteiger partial charge is 0.233 e. The van der Waals surface area contributed by atoms with Gasteiger partial charge in [0.15, 0.2) is 0 Å². The average molecular weight is 400 g/mol. The van der Waals surface area contributed by atoms with Crippen LogP contribution in [0.1, 0.15) is 20.8 Å². The van der Waals surface area contributed by atoms with E-state index in [1.54, 1.807) is 12.1 Å². The van der Waals surface area contributed by atoms with Crippen LogP contribution >= 0.6 is 31.9 Å². The molecule has 4 nitrogen and oxygen atoms in total. The molecule has 0 heterocycles. The molecule has 0 atom stereocenters. The van der Waals surface area contributed by atoms with Crippen LogP contribution in [0, 0.1) is 5.41 Å². The lowest BCUT2D eigenvalue weighted by molar-refractivity contribution is 0.463. The van der Waals surface area contributed by atoms with Gasteiger partial charge in [-0.25, -0.2) is 8.42 Å². The highest BCUT2D eigenvalue weighted by Crippen LogP contribution is 2.33. The lowest BCUT2D eigenvalue weighted by atomic mass is 10.0. The molecule has 0 spiro atoms. The highest BCUT2D eigenvalue weighted by atomic mass is 79.9. The Morgan fingerprint density at radius 2 is 1.83 bits per heavy atom. The maximum absolute atomic E-state index is 12.0. The number of rotatable bonds is 3. The van der Waals surface area contributed by atoms with Gasteiger partial charge in [-0.15, -0.1) is 0 Å². The zero-order valence-corrected chi connectivity index (χ0v) is 14.4. The summed E-state index contributed by atoms with van der Waals surface area (Å²) in [5.41, 5.74) is 6.24. The predicted molar refractivity (Wildman–Crippen MR) is 83.1 cm³/mol. The number of halogens is 2. The summed E-state index contributed by atoms with van der Waals surface area (Å²) < 4.78 is 27.9. The Morgan fingerprint density at radius 1 is 1.28 bits per heavy atom. The van der Waals surface area contributed by atoms with Crippen LogP contribution in [-0.2, 0) is 10.0 Å². The highest BCUT2D eigenvalue weighted by Gasteiger charge is 2.23. The molecule has 1 rings (SSSR count). The summed E-state index contributed by atoms with van der Waals surface area (Å²) in [6.45, 7) is 5.60. The van der Waals surface area contributed by atoms with Gasteiger partial charge in [-0.3, -0.25) is 4.72 Å². The molecule has 0 bridgehead atoms. The minimum Gasteiger partial charge on any atom is -0.397 e. The van der Waals surface area contributed by atoms with Crippen molar-refractivity contribution in [2.75, 3.05) is 16.2 Å². The minimum absolute atomic E-state index is 0.0297. The van der Waals surface area contributed by atoms with Gasteiger partial charge in [-0.05, 0) is 33.5 Å². The number of benzene rings is 1. The van der Waals surface area contributed by atoms with Crippen molar-refractivity contribution in [2.45, 2.75) is 20.8 Å². The van der Waals surface area contributed by atoms with E-state index in [9.17, 15) is 8.42 Å². The Bertz CT molecular complexity index is 528. The Kier molecular flexibility index (Phi) is 4.72. The second-order valence-corrected chi connectivity index (χ2v) is 8.77. The molecular formula is C11H16Br2N2O2S. The highest BCUT2D eigenvalue weighted by molar-refractivity contribution is 9.11. The second kappa shape index (κ2) is 5.38. The number of nitrogens with one attached hydrogen (secondary N) is 1. The van der Waals surface area contributed by atoms with Crippen LogP contribution in [-0.4, -0.2) is 14.2 Å². The molecule has 0 aliphatic rings. The maximum atomic E-state index is 12.0. The van der Waals surface area contributed by atoms with Crippen molar-refractivity contribution in [2.24, 2.45) is 5.41 Å². The molecule has 0 fully saturated rings. The van der Waals surface area contributed by atoms with E-state index in [1.807, 2.05) is 20.8 Å². The summed E-state index contributed by atoms with van der Waals surface area (Å²) >= 11 is 6.58. The van der Waals surface area contributed by atoms with E-state index in [-0.39, 0.29) is 11.2 Å². The van der Waals surface area contributed by atoms with Crippen molar-refractivity contribution in [1.82, 2.24) is 0 Å². The fraction of sp³-hybridized carbons (Fsp3) is 0.455. The van der Waals surface area contributed by atoms with E-state index >= 15 is 0 Å². The van der Waals surface area contributed by atoms with Crippen molar-refractivity contribution in [3.63, 3.8) is 0 Å². The largest absolute Gasteiger partial charge is 0.397 e. The molecule has 0 aliphatic carbocycles. The Balaban J connectivity index is 3.06. The molecule has 0 radical (unpaired) electrons. The molecule has 18 heavy (non-hydrogen) atoms. The first-order valence-electron chi connectivity index (χ1n) is 5.25. The van der Waals surface area contributed by atoms with Gasteiger partial charge < -0.3 is 5.73 Å². The molecule has 0 aromatic heterocycles. The van der Waals surface area contributed by atoms with Crippen molar-refractivity contribution in [1.29, 1.82) is 0 Å². The van der Waals surface area contributed by atoms with E-state index in [4.69, 9.17) is 5.73 Å². The molecule has 3 N–H and O–H groups in total. The van der Waals surface area contributed by atoms with Gasteiger partial charge in [0.1, 0.15) is 0 Å². The van der Waals surface area contributed by atoms with E-state index in [2.05, 4.69) is 36.6 Å². The molecular weight excluding hydrogens is 384 g/mol. The molecule has 1 aromatic carbocycles. The van der Waals surface area contributed by atoms with Crippen LogP contribution in [0.25, 0.3) is 0 Å². The molecule has 0 aliphatic heterocycles. The fourth-order valence-corrected chi connectivity index (χ4v) is 4.70. The van der Waals surface area contributed by atoms with Crippen LogP contribution < -0.4 is 10.5 Å². The first kappa shape index (κ1) is 15.8. The molecule has 0 unspecified atom stereocenters. The summed E-state index contributed by atoms with van der Waals surface area (Å²) in [4.78, 5) is 0. The van der Waals surface area contributed by atoms with Crippen LogP contribution in [0.15, 0.2) is 21.1 Å². The second-order valence-electron chi connectivity index (χ2n) is 5.27. The van der Waals surface area contributed by atoms with Crippen molar-refractivity contribution in [3.8, 4) is 0 Å². The summed E-state index contributed by atoms with van der Waals surface area (Å²) in [5, 5.41) is 0. The lowest BCUT2D eigenvalue weighted by Gasteiger charge is -2.20. The van der Waals surface area contributed by atoms with Crippen LogP contribution in [0.3, 0.4) is 0 Å². The molecule has 0 saturated heterocycles. The number of nitrogen functional groups attached to an aromatic ring is 1. The number of nitrogens with two attached hydrogens (primary N) is 1. The standard InChI is InChI=1S/C11H16Br2N2O2S/c1-11(2,3)6-18(16,17)15-10-8(13)4-7(12)5-9(10)14/h4-5,15H,6,14H2,1-3H3. The van der Waals surface area contributed by atoms with E-state index in [1.165, 1.54) is 0 Å². The first-order chi connectivity index (χ1) is 8.00. The maximum Gasteiger partial charge on any atom is 0.233 e.